The third kappa shape index (κ3) is 4.98. The van der Waals surface area contributed by atoms with E-state index >= 15 is 0 Å². The molecule has 0 spiro atoms. The van der Waals surface area contributed by atoms with Gasteiger partial charge in [0, 0.05) is 43.9 Å². The van der Waals surface area contributed by atoms with Gasteiger partial charge in [-0.1, -0.05) is 13.0 Å². The Morgan fingerprint density at radius 2 is 1.91 bits per heavy atom. The van der Waals surface area contributed by atoms with E-state index in [1.807, 2.05) is 25.1 Å². The first kappa shape index (κ1) is 22.2. The van der Waals surface area contributed by atoms with Crippen LogP contribution in [0.4, 0.5) is 11.9 Å². The van der Waals surface area contributed by atoms with Crippen molar-refractivity contribution in [3.63, 3.8) is 0 Å². The van der Waals surface area contributed by atoms with Crippen molar-refractivity contribution in [2.24, 2.45) is 5.92 Å². The molecule has 3 aromatic rings. The molecule has 9 heteroatoms. The highest BCUT2D eigenvalue weighted by atomic mass is 16.5. The number of aromatic nitrogens is 4. The molecule has 2 aromatic heterocycles. The second-order valence-corrected chi connectivity index (χ2v) is 9.00. The van der Waals surface area contributed by atoms with Gasteiger partial charge in [-0.05, 0) is 43.4 Å². The van der Waals surface area contributed by atoms with E-state index in [2.05, 4.69) is 32.1 Å². The van der Waals surface area contributed by atoms with Crippen LogP contribution in [0.15, 0.2) is 35.3 Å². The molecule has 2 aliphatic rings. The van der Waals surface area contributed by atoms with E-state index in [4.69, 9.17) is 14.5 Å². The van der Waals surface area contributed by atoms with E-state index < -0.39 is 0 Å². The van der Waals surface area contributed by atoms with Crippen LogP contribution in [0.2, 0.25) is 0 Å². The number of aromatic amines is 1. The summed E-state index contributed by atoms with van der Waals surface area (Å²) in [6.45, 7) is 7.92. The minimum Gasteiger partial charge on any atom is -0.490 e. The van der Waals surface area contributed by atoms with E-state index in [0.29, 0.717) is 31.4 Å². The predicted octanol–water partition coefficient (Wildman–Crippen LogP) is 3.55. The molecule has 9 nitrogen and oxygen atoms in total. The largest absolute Gasteiger partial charge is 0.490 e. The molecule has 0 aliphatic carbocycles. The molecule has 0 radical (unpaired) electrons. The number of nitrogens with one attached hydrogen (secondary N) is 2. The Hall–Kier alpha value is -3.62. The Morgan fingerprint density at radius 3 is 2.71 bits per heavy atom. The van der Waals surface area contributed by atoms with Gasteiger partial charge in [-0.25, -0.2) is 15.0 Å². The van der Waals surface area contributed by atoms with Crippen LogP contribution in [0, 0.1) is 12.8 Å². The van der Waals surface area contributed by atoms with Crippen LogP contribution in [0.5, 0.6) is 11.5 Å². The lowest BCUT2D eigenvalue weighted by molar-refractivity contribution is 0.297. The van der Waals surface area contributed by atoms with E-state index in [-0.39, 0.29) is 5.56 Å². The quantitative estimate of drug-likeness (QED) is 0.593. The number of anilines is 2. The van der Waals surface area contributed by atoms with Gasteiger partial charge in [0.2, 0.25) is 11.9 Å². The van der Waals surface area contributed by atoms with Gasteiger partial charge in [0.15, 0.2) is 11.5 Å². The first-order valence-electron chi connectivity index (χ1n) is 11.9. The summed E-state index contributed by atoms with van der Waals surface area (Å²) in [5.74, 6) is 3.37. The van der Waals surface area contributed by atoms with Crippen LogP contribution in [-0.2, 0) is 6.54 Å². The van der Waals surface area contributed by atoms with Crippen LogP contribution < -0.4 is 25.2 Å². The molecule has 1 fully saturated rings. The van der Waals surface area contributed by atoms with Gasteiger partial charge in [-0.3, -0.25) is 9.78 Å². The van der Waals surface area contributed by atoms with Crippen molar-refractivity contribution in [1.82, 2.24) is 19.9 Å². The summed E-state index contributed by atoms with van der Waals surface area (Å²) in [5, 5.41) is 3.21. The van der Waals surface area contributed by atoms with Crippen molar-refractivity contribution >= 4 is 11.9 Å². The second kappa shape index (κ2) is 9.70. The number of ether oxygens (including phenoxy) is 2. The fourth-order valence-corrected chi connectivity index (χ4v) is 4.25. The average molecular weight is 463 g/mol. The van der Waals surface area contributed by atoms with E-state index in [1.165, 1.54) is 6.07 Å². The molecule has 0 unspecified atom stereocenters. The summed E-state index contributed by atoms with van der Waals surface area (Å²) >= 11 is 0. The standard InChI is InChI=1S/C25H30N6O3/c1-16-6-8-31(9-7-16)25-27-15-19(17(2)28-25)20-13-23(32)30-24(29-20)26-14-18-4-5-21-22(12-18)34-11-3-10-33-21/h4-5,12-13,15-16H,3,6-11,14H2,1-2H3,(H2,26,29,30,32). The van der Waals surface area contributed by atoms with Crippen molar-refractivity contribution in [1.29, 1.82) is 0 Å². The van der Waals surface area contributed by atoms with Crippen molar-refractivity contribution in [2.45, 2.75) is 39.7 Å². The predicted molar refractivity (Wildman–Crippen MR) is 131 cm³/mol. The van der Waals surface area contributed by atoms with Crippen molar-refractivity contribution in [3.8, 4) is 22.8 Å². The van der Waals surface area contributed by atoms with E-state index in [1.54, 1.807) is 6.20 Å². The SMILES string of the molecule is Cc1nc(N2CCC(C)CC2)ncc1-c1cc(=O)[nH]c(NCc2ccc3c(c2)OCCCO3)n1. The van der Waals surface area contributed by atoms with Gasteiger partial charge >= 0.3 is 0 Å². The van der Waals surface area contributed by atoms with Gasteiger partial charge < -0.3 is 19.7 Å². The summed E-state index contributed by atoms with van der Waals surface area (Å²) in [4.78, 5) is 31.3. The van der Waals surface area contributed by atoms with Gasteiger partial charge in [-0.2, -0.15) is 0 Å². The van der Waals surface area contributed by atoms with Crippen molar-refractivity contribution < 1.29 is 9.47 Å². The molecule has 1 saturated heterocycles. The number of piperidine rings is 1. The molecule has 1 aromatic carbocycles. The topological polar surface area (TPSA) is 105 Å². The van der Waals surface area contributed by atoms with Crippen LogP contribution in [-0.4, -0.2) is 46.2 Å². The number of hydrogen-bond acceptors (Lipinski definition) is 8. The van der Waals surface area contributed by atoms with E-state index in [9.17, 15) is 4.79 Å². The Balaban J connectivity index is 1.32. The number of hydrogen-bond donors (Lipinski definition) is 2. The molecular weight excluding hydrogens is 432 g/mol. The molecule has 0 amide bonds. The first-order valence-corrected chi connectivity index (χ1v) is 11.9. The van der Waals surface area contributed by atoms with Crippen molar-refractivity contribution in [2.75, 3.05) is 36.5 Å². The summed E-state index contributed by atoms with van der Waals surface area (Å²) in [5.41, 5.74) is 2.85. The summed E-state index contributed by atoms with van der Waals surface area (Å²) in [7, 11) is 0. The lowest BCUT2D eigenvalue weighted by Crippen LogP contribution is -2.34. The number of rotatable bonds is 5. The smallest absolute Gasteiger partial charge is 0.252 e. The maximum Gasteiger partial charge on any atom is 0.252 e. The normalized spacial score (nSPS) is 16.2. The zero-order chi connectivity index (χ0) is 23.5. The van der Waals surface area contributed by atoms with Gasteiger partial charge in [0.25, 0.3) is 5.56 Å². The third-order valence-corrected chi connectivity index (χ3v) is 6.32. The Labute approximate surface area is 198 Å². The number of aryl methyl sites for hydroxylation is 1. The molecular formula is C25H30N6O3. The fourth-order valence-electron chi connectivity index (χ4n) is 4.25. The van der Waals surface area contributed by atoms with Gasteiger partial charge in [0.05, 0.1) is 24.6 Å². The molecule has 2 N–H and O–H groups in total. The summed E-state index contributed by atoms with van der Waals surface area (Å²) in [6.07, 6.45) is 4.93. The number of fused-ring (bicyclic) bond motifs is 1. The highest BCUT2D eigenvalue weighted by Gasteiger charge is 2.19. The Morgan fingerprint density at radius 1 is 1.12 bits per heavy atom. The summed E-state index contributed by atoms with van der Waals surface area (Å²) in [6, 6.07) is 7.32. The third-order valence-electron chi connectivity index (χ3n) is 6.32. The number of benzene rings is 1. The van der Waals surface area contributed by atoms with Gasteiger partial charge in [-0.15, -0.1) is 0 Å². The molecule has 0 bridgehead atoms. The number of H-pyrrole nitrogens is 1. The monoisotopic (exact) mass is 462 g/mol. The molecule has 178 valence electrons. The zero-order valence-electron chi connectivity index (χ0n) is 19.6. The first-order chi connectivity index (χ1) is 16.5. The molecule has 5 rings (SSSR count). The molecule has 34 heavy (non-hydrogen) atoms. The Bertz CT molecular complexity index is 1220. The average Bonchev–Trinajstić information content (AvgIpc) is 3.08. The second-order valence-electron chi connectivity index (χ2n) is 9.00. The maximum absolute atomic E-state index is 12.4. The highest BCUT2D eigenvalue weighted by Crippen LogP contribution is 2.30. The highest BCUT2D eigenvalue weighted by molar-refractivity contribution is 5.62. The minimum absolute atomic E-state index is 0.236. The summed E-state index contributed by atoms with van der Waals surface area (Å²) < 4.78 is 11.5. The van der Waals surface area contributed by atoms with Crippen molar-refractivity contribution in [3.05, 3.63) is 52.1 Å². The Kier molecular flexibility index (Phi) is 6.33. The van der Waals surface area contributed by atoms with Crippen LogP contribution >= 0.6 is 0 Å². The lowest BCUT2D eigenvalue weighted by atomic mass is 10.00. The maximum atomic E-state index is 12.4. The molecule has 4 heterocycles. The van der Waals surface area contributed by atoms with E-state index in [0.717, 1.165) is 72.5 Å². The van der Waals surface area contributed by atoms with Gasteiger partial charge in [0.1, 0.15) is 0 Å². The minimum atomic E-state index is -0.236. The molecule has 0 atom stereocenters. The van der Waals surface area contributed by atoms with Crippen LogP contribution in [0.1, 0.15) is 37.4 Å². The lowest BCUT2D eigenvalue weighted by Gasteiger charge is -2.30. The fraction of sp³-hybridized carbons (Fsp3) is 0.440. The van der Waals surface area contributed by atoms with Crippen LogP contribution in [0.25, 0.3) is 11.3 Å². The van der Waals surface area contributed by atoms with Crippen LogP contribution in [0.3, 0.4) is 0 Å². The molecule has 2 aliphatic heterocycles. The molecule has 0 saturated carbocycles. The number of nitrogens with zero attached hydrogens (tertiary/aromatic N) is 4. The zero-order valence-corrected chi connectivity index (χ0v) is 19.6.